The van der Waals surface area contributed by atoms with E-state index in [1.54, 1.807) is 18.2 Å². The van der Waals surface area contributed by atoms with Gasteiger partial charge in [0.1, 0.15) is 11.6 Å². The number of rotatable bonds is 10. The molecule has 1 amide bonds. The molecule has 1 aromatic heterocycles. The summed E-state index contributed by atoms with van der Waals surface area (Å²) in [5, 5.41) is 20.0. The van der Waals surface area contributed by atoms with Gasteiger partial charge in [-0.15, -0.1) is 0 Å². The first-order chi connectivity index (χ1) is 16.4. The lowest BCUT2D eigenvalue weighted by molar-refractivity contribution is 0.0391. The molecule has 3 aromatic rings. The first-order valence-electron chi connectivity index (χ1n) is 10.4. The van der Waals surface area contributed by atoms with E-state index in [1.165, 1.54) is 55.9 Å². The second-order valence-corrected chi connectivity index (χ2v) is 7.34. The summed E-state index contributed by atoms with van der Waals surface area (Å²) in [5.74, 6) is -1.64. The number of halogens is 2. The summed E-state index contributed by atoms with van der Waals surface area (Å²) < 4.78 is 33.1. The lowest BCUT2D eigenvalue weighted by Gasteiger charge is -2.22. The Balaban J connectivity index is 1.89. The molecule has 0 bridgehead atoms. The van der Waals surface area contributed by atoms with Crippen LogP contribution in [0, 0.1) is 11.6 Å². The first kappa shape index (κ1) is 24.7. The van der Waals surface area contributed by atoms with Crippen LogP contribution in [0.3, 0.4) is 0 Å². The van der Waals surface area contributed by atoms with E-state index < -0.39 is 23.9 Å². The summed E-state index contributed by atoms with van der Waals surface area (Å²) in [7, 11) is 1.42. The van der Waals surface area contributed by atoms with Crippen LogP contribution < -0.4 is 11.1 Å². The third kappa shape index (κ3) is 6.12. The molecule has 8 nitrogen and oxygen atoms in total. The van der Waals surface area contributed by atoms with Crippen molar-refractivity contribution in [1.82, 2.24) is 15.5 Å². The maximum absolute atomic E-state index is 14.9. The molecule has 2 atom stereocenters. The molecule has 0 saturated carbocycles. The summed E-state index contributed by atoms with van der Waals surface area (Å²) >= 11 is 0. The minimum atomic E-state index is -1.05. The van der Waals surface area contributed by atoms with Crippen molar-refractivity contribution in [3.05, 3.63) is 78.0 Å². The van der Waals surface area contributed by atoms with Crippen LogP contribution in [0.4, 0.5) is 8.78 Å². The Kier molecular flexibility index (Phi) is 8.60. The van der Waals surface area contributed by atoms with Crippen molar-refractivity contribution >= 4 is 12.1 Å². The molecule has 0 aliphatic rings. The number of aliphatic imine (C=N–C) groups is 1. The van der Waals surface area contributed by atoms with Gasteiger partial charge in [0.15, 0.2) is 0 Å². The number of benzene rings is 2. The van der Waals surface area contributed by atoms with Crippen molar-refractivity contribution in [2.24, 2.45) is 10.7 Å². The molecular formula is C24H25F2N5O3. The molecule has 3 rings (SSSR count). The van der Waals surface area contributed by atoms with E-state index in [-0.39, 0.29) is 35.8 Å². The quantitative estimate of drug-likeness (QED) is 0.340. The van der Waals surface area contributed by atoms with Crippen LogP contribution in [-0.4, -0.2) is 59.8 Å². The molecule has 10 heteroatoms. The molecule has 2 unspecified atom stereocenters. The predicted molar refractivity (Wildman–Crippen MR) is 125 cm³/mol. The third-order valence-electron chi connectivity index (χ3n) is 4.97. The topological polar surface area (TPSA) is 126 Å². The van der Waals surface area contributed by atoms with Crippen LogP contribution in [0.15, 0.2) is 65.8 Å². The number of aromatic nitrogens is 2. The number of hydrogen-bond donors (Lipinski definition) is 4. The van der Waals surface area contributed by atoms with Crippen LogP contribution in [0.25, 0.3) is 22.5 Å². The van der Waals surface area contributed by atoms with Crippen molar-refractivity contribution in [2.75, 3.05) is 20.3 Å². The number of nitrogens with zero attached hydrogens (tertiary/aromatic N) is 2. The Labute approximate surface area is 195 Å². The smallest absolute Gasteiger partial charge is 0.252 e. The van der Waals surface area contributed by atoms with Gasteiger partial charge in [0.05, 0.1) is 42.2 Å². The highest BCUT2D eigenvalue weighted by Crippen LogP contribution is 2.29. The van der Waals surface area contributed by atoms with Crippen molar-refractivity contribution in [3.8, 4) is 22.5 Å². The molecule has 0 fully saturated rings. The minimum absolute atomic E-state index is 0.00964. The minimum Gasteiger partial charge on any atom is -0.405 e. The highest BCUT2D eigenvalue weighted by atomic mass is 19.1. The van der Waals surface area contributed by atoms with Gasteiger partial charge in [-0.2, -0.15) is 5.10 Å². The van der Waals surface area contributed by atoms with E-state index in [1.807, 2.05) is 0 Å². The number of amides is 1. The number of nitrogens with two attached hydrogens (primary N) is 1. The molecular weight excluding hydrogens is 444 g/mol. The number of aliphatic hydroxyl groups is 1. The van der Waals surface area contributed by atoms with Gasteiger partial charge in [0.2, 0.25) is 0 Å². The van der Waals surface area contributed by atoms with Crippen molar-refractivity contribution in [2.45, 2.75) is 12.1 Å². The van der Waals surface area contributed by atoms with Crippen LogP contribution in [-0.2, 0) is 4.74 Å². The number of methoxy groups -OCH3 is 1. The summed E-state index contributed by atoms with van der Waals surface area (Å²) in [6.07, 6.45) is 3.19. The highest BCUT2D eigenvalue weighted by Gasteiger charge is 2.25. The summed E-state index contributed by atoms with van der Waals surface area (Å²) in [6, 6.07) is 10.6. The summed E-state index contributed by atoms with van der Waals surface area (Å²) in [6.45, 7) is 0.00874. The first-order valence-corrected chi connectivity index (χ1v) is 10.4. The number of aliphatic hydroxyl groups excluding tert-OH is 1. The Bertz CT molecular complexity index is 1160. The monoisotopic (exact) mass is 469 g/mol. The van der Waals surface area contributed by atoms with E-state index >= 15 is 0 Å². The average molecular weight is 469 g/mol. The van der Waals surface area contributed by atoms with Crippen molar-refractivity contribution < 1.29 is 23.4 Å². The van der Waals surface area contributed by atoms with Gasteiger partial charge in [0.25, 0.3) is 5.91 Å². The molecule has 0 radical (unpaired) electrons. The fourth-order valence-electron chi connectivity index (χ4n) is 3.29. The Morgan fingerprint density at radius 1 is 1.29 bits per heavy atom. The summed E-state index contributed by atoms with van der Waals surface area (Å²) in [4.78, 5) is 17.2. The second kappa shape index (κ2) is 11.8. The SMILES string of the molecule is COCC(O)C(CN=CC=CN)NC(=O)c1cccc(F)c1-c1cc(-c2ccc(F)cc2)n[nH]1. The van der Waals surface area contributed by atoms with E-state index in [4.69, 9.17) is 10.5 Å². The average Bonchev–Trinajstić information content (AvgIpc) is 3.31. The standard InChI is InChI=1S/C24H25F2N5O3/c1-34-14-22(32)21(13-28-11-3-10-27)29-24(33)17-4-2-5-18(26)23(17)20-12-19(30-31-20)15-6-8-16(25)9-7-15/h2-12,21-22,32H,13-14,27H2,1H3,(H,29,33)(H,30,31). The Morgan fingerprint density at radius 2 is 2.06 bits per heavy atom. The highest BCUT2D eigenvalue weighted by molar-refractivity contribution is 6.01. The molecule has 1 heterocycles. The van der Waals surface area contributed by atoms with Gasteiger partial charge in [-0.25, -0.2) is 8.78 Å². The number of carbonyl (C=O) groups is 1. The zero-order valence-corrected chi connectivity index (χ0v) is 18.4. The number of hydrogen-bond acceptors (Lipinski definition) is 6. The van der Waals surface area contributed by atoms with Crippen LogP contribution in [0.1, 0.15) is 10.4 Å². The normalized spacial score (nSPS) is 13.4. The molecule has 178 valence electrons. The number of aromatic amines is 1. The van der Waals surface area contributed by atoms with E-state index in [9.17, 15) is 18.7 Å². The molecule has 0 saturated heterocycles. The zero-order chi connectivity index (χ0) is 24.5. The fourth-order valence-corrected chi connectivity index (χ4v) is 3.29. The van der Waals surface area contributed by atoms with Gasteiger partial charge in [-0.05, 0) is 54.7 Å². The van der Waals surface area contributed by atoms with E-state index in [0.717, 1.165) is 0 Å². The maximum Gasteiger partial charge on any atom is 0.252 e. The van der Waals surface area contributed by atoms with E-state index in [2.05, 4.69) is 20.5 Å². The molecule has 5 N–H and O–H groups in total. The molecule has 0 spiro atoms. The Hall–Kier alpha value is -3.89. The molecule has 0 aliphatic carbocycles. The van der Waals surface area contributed by atoms with Crippen molar-refractivity contribution in [3.63, 3.8) is 0 Å². The molecule has 2 aromatic carbocycles. The van der Waals surface area contributed by atoms with Gasteiger partial charge in [-0.1, -0.05) is 6.07 Å². The van der Waals surface area contributed by atoms with Crippen LogP contribution >= 0.6 is 0 Å². The number of nitrogens with one attached hydrogen (secondary N) is 2. The van der Waals surface area contributed by atoms with Crippen LogP contribution in [0.2, 0.25) is 0 Å². The second-order valence-electron chi connectivity index (χ2n) is 7.34. The predicted octanol–water partition coefficient (Wildman–Crippen LogP) is 2.67. The number of allylic oxidation sites excluding steroid dienone is 1. The number of H-pyrrole nitrogens is 1. The largest absolute Gasteiger partial charge is 0.405 e. The molecule has 34 heavy (non-hydrogen) atoms. The lowest BCUT2D eigenvalue weighted by atomic mass is 10.0. The summed E-state index contributed by atoms with van der Waals surface area (Å²) in [5.41, 5.74) is 6.66. The number of carbonyl (C=O) groups excluding carboxylic acids is 1. The number of ether oxygens (including phenoxy) is 1. The van der Waals surface area contributed by atoms with Crippen molar-refractivity contribution in [1.29, 1.82) is 0 Å². The van der Waals surface area contributed by atoms with Gasteiger partial charge in [-0.3, -0.25) is 14.9 Å². The third-order valence-corrected chi connectivity index (χ3v) is 4.97. The molecule has 0 aliphatic heterocycles. The van der Waals surface area contributed by atoms with Crippen LogP contribution in [0.5, 0.6) is 0 Å². The fraction of sp³-hybridized carbons (Fsp3) is 0.208. The zero-order valence-electron chi connectivity index (χ0n) is 18.4. The Morgan fingerprint density at radius 3 is 2.76 bits per heavy atom. The lowest BCUT2D eigenvalue weighted by Crippen LogP contribution is -2.47. The van der Waals surface area contributed by atoms with Gasteiger partial charge < -0.3 is 20.9 Å². The van der Waals surface area contributed by atoms with E-state index in [0.29, 0.717) is 11.3 Å². The maximum atomic E-state index is 14.9. The van der Waals surface area contributed by atoms with Gasteiger partial charge >= 0.3 is 0 Å². The van der Waals surface area contributed by atoms with Gasteiger partial charge in [0, 0.05) is 24.5 Å².